The molecule has 0 aliphatic carbocycles. The second kappa shape index (κ2) is 11.4. The summed E-state index contributed by atoms with van der Waals surface area (Å²) in [6.07, 6.45) is 7.07. The van der Waals surface area contributed by atoms with Crippen molar-refractivity contribution in [2.45, 2.75) is 39.3 Å². The molecule has 0 radical (unpaired) electrons. The first-order chi connectivity index (χ1) is 16.6. The number of nitrogens with one attached hydrogen (secondary N) is 1. The lowest BCUT2D eigenvalue weighted by molar-refractivity contribution is -0.144. The zero-order valence-corrected chi connectivity index (χ0v) is 19.5. The van der Waals surface area contributed by atoms with Gasteiger partial charge in [-0.15, -0.1) is 0 Å². The molecule has 34 heavy (non-hydrogen) atoms. The largest absolute Gasteiger partial charge is 0.490 e. The van der Waals surface area contributed by atoms with Crippen molar-refractivity contribution in [3.63, 3.8) is 0 Å². The van der Waals surface area contributed by atoms with Crippen LogP contribution in [0.2, 0.25) is 0 Å². The predicted molar refractivity (Wildman–Crippen MR) is 128 cm³/mol. The van der Waals surface area contributed by atoms with E-state index >= 15 is 0 Å². The van der Waals surface area contributed by atoms with E-state index in [9.17, 15) is 4.79 Å². The molecule has 1 saturated heterocycles. The molecule has 3 heterocycles. The van der Waals surface area contributed by atoms with Crippen molar-refractivity contribution in [3.05, 3.63) is 48.9 Å². The molecule has 10 nitrogen and oxygen atoms in total. The summed E-state index contributed by atoms with van der Waals surface area (Å²) < 4.78 is 18.5. The van der Waals surface area contributed by atoms with E-state index in [0.717, 1.165) is 36.7 Å². The summed E-state index contributed by atoms with van der Waals surface area (Å²) in [7, 11) is 0. The Morgan fingerprint density at radius 1 is 1.12 bits per heavy atom. The number of nitrogens with zero attached hydrogens (tertiary/aromatic N) is 5. The Labute approximate surface area is 198 Å². The van der Waals surface area contributed by atoms with Crippen LogP contribution in [0, 0.1) is 0 Å². The number of benzene rings is 1. The van der Waals surface area contributed by atoms with Crippen LogP contribution >= 0.6 is 0 Å². The molecule has 1 N–H and O–H groups in total. The fraction of sp³-hybridized carbons (Fsp3) is 0.417. The van der Waals surface area contributed by atoms with Gasteiger partial charge in [-0.2, -0.15) is 5.10 Å². The molecule has 3 aromatic rings. The van der Waals surface area contributed by atoms with Crippen LogP contribution in [0.4, 0.5) is 17.5 Å². The van der Waals surface area contributed by atoms with Gasteiger partial charge < -0.3 is 24.4 Å². The van der Waals surface area contributed by atoms with E-state index in [1.807, 2.05) is 31.2 Å². The smallest absolute Gasteiger partial charge is 0.327 e. The Bertz CT molecular complexity index is 1090. The standard InChI is InChI=1S/C24H30N6O4/c1-3-32-19-9-5-6-10-20(19)34-18-8-7-12-29(16-18)23-15-25-14-22(27-23)26-21-11-13-30(28-21)17-24(31)33-4-2/h5-6,9-11,13-15,18H,3-4,7-8,12,16-17H2,1-2H3,(H,26,27,28)/t18-/m1/s1. The Hall–Kier alpha value is -3.82. The van der Waals surface area contributed by atoms with E-state index < -0.39 is 0 Å². The number of carbonyl (C=O) groups excluding carboxylic acids is 1. The van der Waals surface area contributed by atoms with Gasteiger partial charge in [0.1, 0.15) is 18.5 Å². The molecule has 1 atom stereocenters. The van der Waals surface area contributed by atoms with Crippen LogP contribution in [-0.2, 0) is 16.1 Å². The van der Waals surface area contributed by atoms with Crippen molar-refractivity contribution in [2.24, 2.45) is 0 Å². The third kappa shape index (κ3) is 6.15. The first-order valence-electron chi connectivity index (χ1n) is 11.6. The van der Waals surface area contributed by atoms with Gasteiger partial charge in [0.2, 0.25) is 0 Å². The molecule has 2 aromatic heterocycles. The first kappa shape index (κ1) is 23.3. The number of rotatable bonds is 10. The minimum Gasteiger partial charge on any atom is -0.490 e. The van der Waals surface area contributed by atoms with Crippen molar-refractivity contribution in [3.8, 4) is 11.5 Å². The first-order valence-corrected chi connectivity index (χ1v) is 11.6. The highest BCUT2D eigenvalue weighted by molar-refractivity contribution is 5.69. The third-order valence-electron chi connectivity index (χ3n) is 5.26. The molecule has 0 bridgehead atoms. The molecule has 1 aliphatic heterocycles. The SMILES string of the molecule is CCOC(=O)Cn1ccc(Nc2cncc(N3CCC[C@@H](Oc4ccccc4OCC)C3)n2)n1. The lowest BCUT2D eigenvalue weighted by Crippen LogP contribution is -2.41. The molecule has 180 valence electrons. The molecule has 1 aliphatic rings. The number of hydrogen-bond donors (Lipinski definition) is 1. The van der Waals surface area contributed by atoms with E-state index in [-0.39, 0.29) is 18.6 Å². The predicted octanol–water partition coefficient (Wildman–Crippen LogP) is 3.43. The maximum Gasteiger partial charge on any atom is 0.327 e. The molecule has 4 rings (SSSR count). The highest BCUT2D eigenvalue weighted by Crippen LogP contribution is 2.30. The molecule has 0 spiro atoms. The number of para-hydroxylation sites is 2. The van der Waals surface area contributed by atoms with Gasteiger partial charge >= 0.3 is 5.97 Å². The molecule has 1 aromatic carbocycles. The molecule has 1 fully saturated rings. The average molecular weight is 467 g/mol. The molecule has 0 amide bonds. The van der Waals surface area contributed by atoms with Crippen molar-refractivity contribution < 1.29 is 19.0 Å². The van der Waals surface area contributed by atoms with Gasteiger partial charge in [-0.1, -0.05) is 12.1 Å². The summed E-state index contributed by atoms with van der Waals surface area (Å²) in [5.41, 5.74) is 0. The normalized spacial score (nSPS) is 15.6. The van der Waals surface area contributed by atoms with Crippen LogP contribution in [0.25, 0.3) is 0 Å². The second-order valence-electron chi connectivity index (χ2n) is 7.80. The van der Waals surface area contributed by atoms with E-state index in [1.54, 1.807) is 31.6 Å². The highest BCUT2D eigenvalue weighted by Gasteiger charge is 2.24. The summed E-state index contributed by atoms with van der Waals surface area (Å²) in [6.45, 7) is 6.30. The maximum absolute atomic E-state index is 11.6. The highest BCUT2D eigenvalue weighted by atomic mass is 16.5. The van der Waals surface area contributed by atoms with Gasteiger partial charge in [0.15, 0.2) is 23.1 Å². The Morgan fingerprint density at radius 3 is 2.79 bits per heavy atom. The van der Waals surface area contributed by atoms with E-state index in [2.05, 4.69) is 20.3 Å². The lowest BCUT2D eigenvalue weighted by atomic mass is 10.1. The number of esters is 1. The zero-order valence-electron chi connectivity index (χ0n) is 19.5. The van der Waals surface area contributed by atoms with Gasteiger partial charge in [-0.25, -0.2) is 4.98 Å². The van der Waals surface area contributed by atoms with Crippen LogP contribution in [0.3, 0.4) is 0 Å². The summed E-state index contributed by atoms with van der Waals surface area (Å²) >= 11 is 0. The lowest BCUT2D eigenvalue weighted by Gasteiger charge is -2.33. The van der Waals surface area contributed by atoms with Gasteiger partial charge in [0, 0.05) is 18.8 Å². The Balaban J connectivity index is 1.39. The number of hydrogen-bond acceptors (Lipinski definition) is 9. The van der Waals surface area contributed by atoms with E-state index in [1.165, 1.54) is 4.68 Å². The fourth-order valence-electron chi connectivity index (χ4n) is 3.80. The Kier molecular flexibility index (Phi) is 7.79. The molecular weight excluding hydrogens is 436 g/mol. The topological polar surface area (TPSA) is 104 Å². The van der Waals surface area contributed by atoms with Crippen LogP contribution in [0.15, 0.2) is 48.9 Å². The zero-order chi connectivity index (χ0) is 23.8. The molecular formula is C24H30N6O4. The van der Waals surface area contributed by atoms with Crippen molar-refractivity contribution in [1.82, 2.24) is 19.7 Å². The van der Waals surface area contributed by atoms with Gasteiger partial charge in [-0.05, 0) is 38.8 Å². The number of piperidine rings is 1. The quantitative estimate of drug-likeness (QED) is 0.450. The third-order valence-corrected chi connectivity index (χ3v) is 5.26. The van der Waals surface area contributed by atoms with Gasteiger partial charge in [-0.3, -0.25) is 14.5 Å². The molecule has 10 heteroatoms. The van der Waals surface area contributed by atoms with Crippen LogP contribution in [0.5, 0.6) is 11.5 Å². The summed E-state index contributed by atoms with van der Waals surface area (Å²) in [5, 5.41) is 7.49. The van der Waals surface area contributed by atoms with Gasteiger partial charge in [0.05, 0.1) is 32.2 Å². The monoisotopic (exact) mass is 466 g/mol. The second-order valence-corrected chi connectivity index (χ2v) is 7.80. The van der Waals surface area contributed by atoms with Crippen molar-refractivity contribution >= 4 is 23.4 Å². The number of anilines is 3. The van der Waals surface area contributed by atoms with Gasteiger partial charge in [0.25, 0.3) is 0 Å². The minimum atomic E-state index is -0.329. The van der Waals surface area contributed by atoms with E-state index in [4.69, 9.17) is 19.2 Å². The van der Waals surface area contributed by atoms with Crippen molar-refractivity contribution in [2.75, 3.05) is 36.5 Å². The van der Waals surface area contributed by atoms with Crippen molar-refractivity contribution in [1.29, 1.82) is 0 Å². The average Bonchev–Trinajstić information content (AvgIpc) is 3.27. The molecule has 0 saturated carbocycles. The van der Waals surface area contributed by atoms with E-state index in [0.29, 0.717) is 31.4 Å². The summed E-state index contributed by atoms with van der Waals surface area (Å²) in [4.78, 5) is 22.9. The minimum absolute atomic E-state index is 0.0207. The number of ether oxygens (including phenoxy) is 3. The number of aromatic nitrogens is 4. The fourth-order valence-corrected chi connectivity index (χ4v) is 3.80. The summed E-state index contributed by atoms with van der Waals surface area (Å²) in [6, 6.07) is 9.53. The Morgan fingerprint density at radius 2 is 1.97 bits per heavy atom. The van der Waals surface area contributed by atoms with Crippen LogP contribution in [-0.4, -0.2) is 58.1 Å². The number of carbonyl (C=O) groups is 1. The maximum atomic E-state index is 11.6. The van der Waals surface area contributed by atoms with Crippen LogP contribution < -0.4 is 19.7 Å². The van der Waals surface area contributed by atoms with Crippen LogP contribution in [0.1, 0.15) is 26.7 Å². The summed E-state index contributed by atoms with van der Waals surface area (Å²) in [5.74, 6) is 3.10. The molecule has 0 unspecified atom stereocenters.